The highest BCUT2D eigenvalue weighted by atomic mass is 35.5. The molecule has 28 heavy (non-hydrogen) atoms. The molecule has 1 saturated heterocycles. The Bertz CT molecular complexity index is 1070. The van der Waals surface area contributed by atoms with Crippen LogP contribution in [0.25, 0.3) is 9.53 Å². The minimum atomic E-state index is -3.47. The van der Waals surface area contributed by atoms with Gasteiger partial charge in [-0.25, -0.2) is 13.4 Å². The first-order chi connectivity index (χ1) is 13.4. The molecule has 3 aromatic rings. The number of aromatic nitrogens is 1. The van der Waals surface area contributed by atoms with E-state index in [9.17, 15) is 13.2 Å². The summed E-state index contributed by atoms with van der Waals surface area (Å²) < 4.78 is 25.6. The molecule has 0 radical (unpaired) electrons. The van der Waals surface area contributed by atoms with Gasteiger partial charge in [-0.1, -0.05) is 22.9 Å². The number of sulfone groups is 1. The molecule has 0 saturated carbocycles. The van der Waals surface area contributed by atoms with Crippen molar-refractivity contribution in [2.45, 2.75) is 17.7 Å². The van der Waals surface area contributed by atoms with Gasteiger partial charge in [0.2, 0.25) is 0 Å². The predicted molar refractivity (Wildman–Crippen MR) is 115 cm³/mol. The minimum absolute atomic E-state index is 0.0435. The van der Waals surface area contributed by atoms with Crippen LogP contribution in [0.4, 0.5) is 5.13 Å². The number of nitrogens with zero attached hydrogens (tertiary/aromatic N) is 2. The summed E-state index contributed by atoms with van der Waals surface area (Å²) in [6.45, 7) is 2.12. The van der Waals surface area contributed by atoms with E-state index < -0.39 is 9.84 Å². The van der Waals surface area contributed by atoms with Crippen molar-refractivity contribution in [2.75, 3.05) is 30.3 Å². The molecule has 1 aromatic carbocycles. The van der Waals surface area contributed by atoms with Crippen LogP contribution in [0.3, 0.4) is 0 Å². The Morgan fingerprint density at radius 3 is 2.57 bits per heavy atom. The molecule has 1 aliphatic rings. The summed E-state index contributed by atoms with van der Waals surface area (Å²) in [6, 6.07) is 7.84. The summed E-state index contributed by atoms with van der Waals surface area (Å²) >= 11 is 8.72. The van der Waals surface area contributed by atoms with E-state index >= 15 is 0 Å². The maximum atomic E-state index is 12.4. The quantitative estimate of drug-likeness (QED) is 0.611. The third-order valence-electron chi connectivity index (χ3n) is 4.51. The second-order valence-corrected chi connectivity index (χ2v) is 11.1. The predicted octanol–water partition coefficient (Wildman–Crippen LogP) is 3.82. The lowest BCUT2D eigenvalue weighted by Gasteiger charge is -2.11. The molecule has 0 aliphatic carbocycles. The summed E-state index contributed by atoms with van der Waals surface area (Å²) in [5, 5.41) is 4.18. The molecule has 148 valence electrons. The highest BCUT2D eigenvalue weighted by Crippen LogP contribution is 2.35. The Hall–Kier alpha value is -1.68. The van der Waals surface area contributed by atoms with E-state index in [1.165, 1.54) is 48.4 Å². The third kappa shape index (κ3) is 4.17. The maximum absolute atomic E-state index is 12.4. The molecule has 0 bridgehead atoms. The first-order valence-electron chi connectivity index (χ1n) is 8.84. The van der Waals surface area contributed by atoms with Gasteiger partial charge in [0, 0.05) is 24.7 Å². The van der Waals surface area contributed by atoms with E-state index in [4.69, 9.17) is 11.6 Å². The van der Waals surface area contributed by atoms with Crippen molar-refractivity contribution < 1.29 is 13.2 Å². The molecular weight excluding hydrogens is 438 g/mol. The molecule has 1 N–H and O–H groups in total. The van der Waals surface area contributed by atoms with Crippen molar-refractivity contribution >= 4 is 64.7 Å². The van der Waals surface area contributed by atoms with Crippen molar-refractivity contribution in [2.24, 2.45) is 0 Å². The van der Waals surface area contributed by atoms with Gasteiger partial charge in [0.1, 0.15) is 4.83 Å². The third-order valence-corrected chi connectivity index (χ3v) is 8.71. The highest BCUT2D eigenvalue weighted by molar-refractivity contribution is 7.91. The first kappa shape index (κ1) is 19.6. The fourth-order valence-corrected chi connectivity index (χ4v) is 6.49. The molecule has 1 fully saturated rings. The van der Waals surface area contributed by atoms with E-state index in [1.807, 2.05) is 6.07 Å². The molecule has 1 amide bonds. The van der Waals surface area contributed by atoms with E-state index in [0.29, 0.717) is 9.90 Å². The Kier molecular flexibility index (Phi) is 5.59. The summed E-state index contributed by atoms with van der Waals surface area (Å²) in [5.41, 5.74) is 0. The highest BCUT2D eigenvalue weighted by Gasteiger charge is 2.20. The van der Waals surface area contributed by atoms with Gasteiger partial charge < -0.3 is 10.2 Å². The number of hydrogen-bond acceptors (Lipinski definition) is 7. The molecule has 3 heterocycles. The smallest absolute Gasteiger partial charge is 0.261 e. The summed E-state index contributed by atoms with van der Waals surface area (Å²) in [6.07, 6.45) is 2.39. The fourth-order valence-electron chi connectivity index (χ4n) is 3.03. The molecule has 4 rings (SSSR count). The molecule has 0 spiro atoms. The number of nitrogens with one attached hydrogen (secondary N) is 1. The summed E-state index contributed by atoms with van der Waals surface area (Å²) in [7, 11) is -3.47. The van der Waals surface area contributed by atoms with Gasteiger partial charge in [0.05, 0.1) is 20.2 Å². The second-order valence-electron chi connectivity index (χ2n) is 6.50. The Morgan fingerprint density at radius 2 is 1.89 bits per heavy atom. The summed E-state index contributed by atoms with van der Waals surface area (Å²) in [5.74, 6) is -0.443. The fraction of sp³-hybridized carbons (Fsp3) is 0.333. The van der Waals surface area contributed by atoms with Crippen LogP contribution in [-0.4, -0.2) is 44.7 Å². The average molecular weight is 456 g/mol. The normalized spacial score (nSPS) is 14.7. The van der Waals surface area contributed by atoms with Gasteiger partial charge in [0.15, 0.2) is 15.0 Å². The van der Waals surface area contributed by atoms with E-state index in [1.54, 1.807) is 11.3 Å². The van der Waals surface area contributed by atoms with Gasteiger partial charge >= 0.3 is 0 Å². The van der Waals surface area contributed by atoms with Gasteiger partial charge in [0.25, 0.3) is 5.91 Å². The zero-order valence-electron chi connectivity index (χ0n) is 14.9. The zero-order chi connectivity index (χ0) is 19.7. The number of carbonyl (C=O) groups excluding carboxylic acids is 1. The minimum Gasteiger partial charge on any atom is -0.350 e. The van der Waals surface area contributed by atoms with Crippen LogP contribution in [0.1, 0.15) is 22.5 Å². The van der Waals surface area contributed by atoms with Gasteiger partial charge in [-0.15, -0.1) is 11.3 Å². The van der Waals surface area contributed by atoms with Gasteiger partial charge in [-0.05, 0) is 43.2 Å². The SMILES string of the molecule is O=C(NCCS(=O)(=O)c1ccc(Cl)cc1)c1cc2sc(N3CCCC3)nc2s1. The van der Waals surface area contributed by atoms with Crippen LogP contribution in [-0.2, 0) is 9.84 Å². The number of anilines is 1. The van der Waals surface area contributed by atoms with Crippen molar-refractivity contribution in [3.05, 3.63) is 40.2 Å². The largest absolute Gasteiger partial charge is 0.350 e. The molecule has 10 heteroatoms. The number of thiazole rings is 1. The van der Waals surface area contributed by atoms with Crippen molar-refractivity contribution in [1.82, 2.24) is 10.3 Å². The lowest BCUT2D eigenvalue weighted by molar-refractivity contribution is 0.0960. The molecule has 0 unspecified atom stereocenters. The van der Waals surface area contributed by atoms with Gasteiger partial charge in [-0.2, -0.15) is 0 Å². The maximum Gasteiger partial charge on any atom is 0.261 e. The van der Waals surface area contributed by atoms with E-state index in [-0.39, 0.29) is 23.1 Å². The molecule has 6 nitrogen and oxygen atoms in total. The van der Waals surface area contributed by atoms with Crippen molar-refractivity contribution in [3.8, 4) is 0 Å². The number of thiophene rings is 1. The first-order valence-corrected chi connectivity index (χ1v) is 12.5. The lowest BCUT2D eigenvalue weighted by atomic mass is 10.4. The van der Waals surface area contributed by atoms with Crippen LogP contribution in [0.15, 0.2) is 35.2 Å². The number of rotatable bonds is 6. The van der Waals surface area contributed by atoms with Crippen LogP contribution >= 0.6 is 34.3 Å². The van der Waals surface area contributed by atoms with Gasteiger partial charge in [-0.3, -0.25) is 4.79 Å². The number of carbonyl (C=O) groups is 1. The molecule has 0 atom stereocenters. The van der Waals surface area contributed by atoms with Crippen molar-refractivity contribution in [1.29, 1.82) is 0 Å². The number of hydrogen-bond donors (Lipinski definition) is 1. The summed E-state index contributed by atoms with van der Waals surface area (Å²) in [4.78, 5) is 20.9. The average Bonchev–Trinajstić information content (AvgIpc) is 3.37. The van der Waals surface area contributed by atoms with Crippen LogP contribution in [0, 0.1) is 0 Å². The van der Waals surface area contributed by atoms with Crippen LogP contribution < -0.4 is 10.2 Å². The van der Waals surface area contributed by atoms with Crippen LogP contribution in [0.2, 0.25) is 5.02 Å². The lowest BCUT2D eigenvalue weighted by Crippen LogP contribution is -2.28. The standard InChI is InChI=1S/C18H18ClN3O3S3/c19-12-3-5-13(6-4-12)28(24,25)10-7-20-16(23)14-11-15-17(26-14)21-18(27-15)22-8-1-2-9-22/h3-6,11H,1-2,7-10H2,(H,20,23). The van der Waals surface area contributed by atoms with Crippen LogP contribution in [0.5, 0.6) is 0 Å². The number of benzene rings is 1. The second kappa shape index (κ2) is 7.98. The Morgan fingerprint density at radius 1 is 1.18 bits per heavy atom. The number of fused-ring (bicyclic) bond motifs is 1. The Labute approximate surface area is 176 Å². The molecule has 2 aromatic heterocycles. The number of halogens is 1. The molecule has 1 aliphatic heterocycles. The molecular formula is C18H18ClN3O3S3. The number of amides is 1. The van der Waals surface area contributed by atoms with E-state index in [2.05, 4.69) is 15.2 Å². The van der Waals surface area contributed by atoms with Crippen molar-refractivity contribution in [3.63, 3.8) is 0 Å². The topological polar surface area (TPSA) is 79.4 Å². The zero-order valence-corrected chi connectivity index (χ0v) is 18.1. The monoisotopic (exact) mass is 455 g/mol. The Balaban J connectivity index is 1.37. The van der Waals surface area contributed by atoms with E-state index in [0.717, 1.165) is 27.8 Å².